The van der Waals surface area contributed by atoms with Gasteiger partial charge in [0.1, 0.15) is 6.04 Å². The highest BCUT2D eigenvalue weighted by Gasteiger charge is 2.19. The minimum atomic E-state index is -0.847. The number of phenolic OH excluding ortho intramolecular Hbond substituents is 2. The Labute approximate surface area is 120 Å². The van der Waals surface area contributed by atoms with Crippen LogP contribution in [0.2, 0.25) is 5.02 Å². The number of carbonyl (C=O) groups excluding carboxylic acids is 1. The lowest BCUT2D eigenvalue weighted by molar-refractivity contribution is -0.118. The molecular weight excluding hydrogens is 280 g/mol. The Morgan fingerprint density at radius 2 is 1.90 bits per heavy atom. The molecule has 0 aromatic heterocycles. The van der Waals surface area contributed by atoms with E-state index in [0.717, 1.165) is 0 Å². The van der Waals surface area contributed by atoms with Gasteiger partial charge in [-0.1, -0.05) is 23.7 Å². The largest absolute Gasteiger partial charge is 0.504 e. The summed E-state index contributed by atoms with van der Waals surface area (Å²) in [5, 5.41) is 22.2. The van der Waals surface area contributed by atoms with Crippen molar-refractivity contribution in [2.24, 2.45) is 5.73 Å². The van der Waals surface area contributed by atoms with Crippen LogP contribution in [-0.2, 0) is 4.79 Å². The maximum absolute atomic E-state index is 11.6. The van der Waals surface area contributed by atoms with Crippen LogP contribution < -0.4 is 11.1 Å². The third kappa shape index (κ3) is 3.13. The molecule has 5 N–H and O–H groups in total. The molecule has 0 radical (unpaired) electrons. The van der Waals surface area contributed by atoms with Gasteiger partial charge in [-0.05, 0) is 35.9 Å². The van der Waals surface area contributed by atoms with Gasteiger partial charge in [0.25, 0.3) is 0 Å². The number of halogens is 1. The van der Waals surface area contributed by atoms with Crippen LogP contribution in [0.1, 0.15) is 11.6 Å². The average molecular weight is 293 g/mol. The molecule has 1 amide bonds. The van der Waals surface area contributed by atoms with E-state index in [9.17, 15) is 15.0 Å². The summed E-state index contributed by atoms with van der Waals surface area (Å²) in [5.41, 5.74) is 6.42. The molecule has 0 saturated heterocycles. The van der Waals surface area contributed by atoms with Crippen molar-refractivity contribution in [3.05, 3.63) is 53.1 Å². The number of nitrogens with one attached hydrogen (secondary N) is 1. The van der Waals surface area contributed by atoms with Gasteiger partial charge in [-0.25, -0.2) is 0 Å². The second-order valence-electron chi connectivity index (χ2n) is 4.24. The molecule has 0 fully saturated rings. The van der Waals surface area contributed by atoms with Crippen LogP contribution in [0, 0.1) is 0 Å². The molecule has 20 heavy (non-hydrogen) atoms. The number of hydrogen-bond donors (Lipinski definition) is 4. The molecule has 5 nitrogen and oxygen atoms in total. The molecule has 104 valence electrons. The van der Waals surface area contributed by atoms with Crippen molar-refractivity contribution in [1.82, 2.24) is 0 Å². The summed E-state index contributed by atoms with van der Waals surface area (Å²) in [6.45, 7) is 0. The van der Waals surface area contributed by atoms with Gasteiger partial charge < -0.3 is 21.3 Å². The quantitative estimate of drug-likeness (QED) is 0.651. The number of rotatable bonds is 4. The topological polar surface area (TPSA) is 95.6 Å². The normalized spacial score (nSPS) is 11.8. The number of primary amides is 1. The third-order valence-electron chi connectivity index (χ3n) is 2.75. The first kappa shape index (κ1) is 14.0. The summed E-state index contributed by atoms with van der Waals surface area (Å²) in [7, 11) is 0. The number of carbonyl (C=O) groups is 1. The molecule has 1 unspecified atom stereocenters. The van der Waals surface area contributed by atoms with Crippen LogP contribution >= 0.6 is 11.6 Å². The lowest BCUT2D eigenvalue weighted by atomic mass is 10.1. The standard InChI is InChI=1S/C14H13ClN2O3/c15-9-2-1-3-10(7-9)17-13(14(16)20)8-4-5-11(18)12(19)6-8/h1-7,13,17-19H,(H2,16,20). The van der Waals surface area contributed by atoms with Crippen molar-refractivity contribution in [3.63, 3.8) is 0 Å². The SMILES string of the molecule is NC(=O)C(Nc1cccc(Cl)c1)c1ccc(O)c(O)c1. The predicted octanol–water partition coefficient (Wildman–Crippen LogP) is 2.39. The van der Waals surface area contributed by atoms with Crippen LogP contribution in [0.3, 0.4) is 0 Å². The number of anilines is 1. The minimum Gasteiger partial charge on any atom is -0.504 e. The molecular formula is C14H13ClN2O3. The highest BCUT2D eigenvalue weighted by Crippen LogP contribution is 2.29. The zero-order valence-electron chi connectivity index (χ0n) is 10.4. The maximum Gasteiger partial charge on any atom is 0.244 e. The third-order valence-corrected chi connectivity index (χ3v) is 2.99. The van der Waals surface area contributed by atoms with Crippen molar-refractivity contribution >= 4 is 23.2 Å². The summed E-state index contributed by atoms with van der Waals surface area (Å²) in [5.74, 6) is -1.20. The molecule has 1 atom stereocenters. The highest BCUT2D eigenvalue weighted by atomic mass is 35.5. The van der Waals surface area contributed by atoms with Crippen molar-refractivity contribution in [1.29, 1.82) is 0 Å². The molecule has 0 aliphatic carbocycles. The molecule has 0 aliphatic rings. The summed E-state index contributed by atoms with van der Waals surface area (Å²) < 4.78 is 0. The fraction of sp³-hybridized carbons (Fsp3) is 0.0714. The molecule has 0 aliphatic heterocycles. The van der Waals surface area contributed by atoms with E-state index in [1.165, 1.54) is 18.2 Å². The van der Waals surface area contributed by atoms with E-state index in [-0.39, 0.29) is 11.5 Å². The zero-order valence-corrected chi connectivity index (χ0v) is 11.1. The van der Waals surface area contributed by atoms with Gasteiger partial charge in [-0.3, -0.25) is 4.79 Å². The van der Waals surface area contributed by atoms with Gasteiger partial charge >= 0.3 is 0 Å². The van der Waals surface area contributed by atoms with Crippen molar-refractivity contribution in [2.45, 2.75) is 6.04 Å². The van der Waals surface area contributed by atoms with E-state index in [1.54, 1.807) is 24.3 Å². The predicted molar refractivity (Wildman–Crippen MR) is 76.8 cm³/mol. The van der Waals surface area contributed by atoms with Gasteiger partial charge in [-0.2, -0.15) is 0 Å². The number of amides is 1. The second-order valence-corrected chi connectivity index (χ2v) is 4.67. The number of nitrogens with two attached hydrogens (primary N) is 1. The lowest BCUT2D eigenvalue weighted by Crippen LogP contribution is -2.27. The zero-order chi connectivity index (χ0) is 14.7. The average Bonchev–Trinajstić information content (AvgIpc) is 2.39. The summed E-state index contributed by atoms with van der Waals surface area (Å²) in [6, 6.07) is 10.1. The number of phenols is 2. The van der Waals surface area contributed by atoms with Crippen molar-refractivity contribution < 1.29 is 15.0 Å². The molecule has 2 rings (SSSR count). The highest BCUT2D eigenvalue weighted by molar-refractivity contribution is 6.30. The van der Waals surface area contributed by atoms with Crippen molar-refractivity contribution in [2.75, 3.05) is 5.32 Å². The summed E-state index contributed by atoms with van der Waals surface area (Å²) >= 11 is 5.87. The van der Waals surface area contributed by atoms with E-state index in [0.29, 0.717) is 16.3 Å². The van der Waals surface area contributed by atoms with Crippen molar-refractivity contribution in [3.8, 4) is 11.5 Å². The number of benzene rings is 2. The van der Waals surface area contributed by atoms with Crippen LogP contribution in [0.5, 0.6) is 11.5 Å². The maximum atomic E-state index is 11.6. The Morgan fingerprint density at radius 1 is 1.15 bits per heavy atom. The lowest BCUT2D eigenvalue weighted by Gasteiger charge is -2.17. The Morgan fingerprint density at radius 3 is 2.50 bits per heavy atom. The van der Waals surface area contributed by atoms with Gasteiger partial charge in [0.05, 0.1) is 0 Å². The Kier molecular flexibility index (Phi) is 4.00. The molecule has 2 aromatic rings. The van der Waals surface area contributed by atoms with Gasteiger partial charge in [0, 0.05) is 10.7 Å². The van der Waals surface area contributed by atoms with Gasteiger partial charge in [0.2, 0.25) is 5.91 Å². The van der Waals surface area contributed by atoms with E-state index in [2.05, 4.69) is 5.32 Å². The summed E-state index contributed by atoms with van der Waals surface area (Å²) in [4.78, 5) is 11.6. The fourth-order valence-corrected chi connectivity index (χ4v) is 1.97. The van der Waals surface area contributed by atoms with E-state index >= 15 is 0 Å². The van der Waals surface area contributed by atoms with E-state index in [1.807, 2.05) is 0 Å². The molecule has 0 saturated carbocycles. The van der Waals surface area contributed by atoms with E-state index in [4.69, 9.17) is 17.3 Å². The van der Waals surface area contributed by atoms with Gasteiger partial charge in [-0.15, -0.1) is 0 Å². The smallest absolute Gasteiger partial charge is 0.244 e. The fourth-order valence-electron chi connectivity index (χ4n) is 1.78. The first-order valence-corrected chi connectivity index (χ1v) is 6.18. The number of hydrogen-bond acceptors (Lipinski definition) is 4. The van der Waals surface area contributed by atoms with Crippen LogP contribution in [-0.4, -0.2) is 16.1 Å². The Hall–Kier alpha value is -2.40. The Bertz CT molecular complexity index is 646. The minimum absolute atomic E-state index is 0.264. The molecule has 2 aromatic carbocycles. The molecule has 0 bridgehead atoms. The van der Waals surface area contributed by atoms with Crippen LogP contribution in [0.25, 0.3) is 0 Å². The summed E-state index contributed by atoms with van der Waals surface area (Å²) in [6.07, 6.45) is 0. The second kappa shape index (κ2) is 5.71. The van der Waals surface area contributed by atoms with Crippen LogP contribution in [0.15, 0.2) is 42.5 Å². The molecule has 0 heterocycles. The van der Waals surface area contributed by atoms with E-state index < -0.39 is 11.9 Å². The first-order chi connectivity index (χ1) is 9.47. The first-order valence-electron chi connectivity index (χ1n) is 5.80. The Balaban J connectivity index is 2.32. The monoisotopic (exact) mass is 292 g/mol. The molecule has 6 heteroatoms. The molecule has 0 spiro atoms. The van der Waals surface area contributed by atoms with Gasteiger partial charge in [0.15, 0.2) is 11.5 Å². The number of aromatic hydroxyl groups is 2. The van der Waals surface area contributed by atoms with Crippen LogP contribution in [0.4, 0.5) is 5.69 Å².